The highest BCUT2D eigenvalue weighted by Crippen LogP contribution is 2.21. The van der Waals surface area contributed by atoms with Crippen LogP contribution in [0.15, 0.2) is 10.5 Å². The molecule has 1 aliphatic rings. The molecule has 1 fully saturated rings. The van der Waals surface area contributed by atoms with E-state index >= 15 is 0 Å². The van der Waals surface area contributed by atoms with E-state index < -0.39 is 0 Å². The van der Waals surface area contributed by atoms with E-state index in [0.29, 0.717) is 11.7 Å². The summed E-state index contributed by atoms with van der Waals surface area (Å²) in [4.78, 5) is 14.2. The normalized spacial score (nSPS) is 19.5. The summed E-state index contributed by atoms with van der Waals surface area (Å²) in [6, 6.07) is 1.87. The maximum Gasteiger partial charge on any atom is 0.289 e. The monoisotopic (exact) mass is 250 g/mol. The molecule has 0 radical (unpaired) electrons. The van der Waals surface area contributed by atoms with Crippen LogP contribution in [0.1, 0.15) is 35.2 Å². The van der Waals surface area contributed by atoms with Gasteiger partial charge in [0.15, 0.2) is 5.76 Å². The summed E-state index contributed by atoms with van der Waals surface area (Å²) in [5, 5.41) is 3.17. The van der Waals surface area contributed by atoms with E-state index in [9.17, 15) is 4.79 Å². The molecule has 0 bridgehead atoms. The Morgan fingerprint density at radius 3 is 3.00 bits per heavy atom. The Balaban J connectivity index is 2.03. The fourth-order valence-electron chi connectivity index (χ4n) is 2.60. The van der Waals surface area contributed by atoms with Gasteiger partial charge in [-0.05, 0) is 44.5 Å². The number of carbonyl (C=O) groups excluding carboxylic acids is 1. The maximum absolute atomic E-state index is 12.3. The number of nitrogens with zero attached hydrogens (tertiary/aromatic N) is 1. The third-order valence-corrected chi connectivity index (χ3v) is 3.62. The molecule has 2 heterocycles. The smallest absolute Gasteiger partial charge is 0.289 e. The highest BCUT2D eigenvalue weighted by molar-refractivity contribution is 5.92. The zero-order valence-electron chi connectivity index (χ0n) is 11.5. The van der Waals surface area contributed by atoms with Crippen LogP contribution in [-0.2, 0) is 6.42 Å². The molecule has 1 aromatic heterocycles. The number of nitrogens with one attached hydrogen (secondary N) is 1. The first kappa shape index (κ1) is 13.1. The Bertz CT molecular complexity index is 425. The molecule has 1 amide bonds. The maximum atomic E-state index is 12.3. The molecular formula is C14H22N2O2. The molecule has 1 aliphatic heterocycles. The van der Waals surface area contributed by atoms with Crippen molar-refractivity contribution in [3.63, 3.8) is 0 Å². The molecule has 0 saturated carbocycles. The van der Waals surface area contributed by atoms with Gasteiger partial charge < -0.3 is 14.6 Å². The second-order valence-electron chi connectivity index (χ2n) is 5.03. The Morgan fingerprint density at radius 2 is 2.39 bits per heavy atom. The van der Waals surface area contributed by atoms with Crippen LogP contribution in [-0.4, -0.2) is 37.5 Å². The van der Waals surface area contributed by atoms with Crippen LogP contribution in [0.5, 0.6) is 0 Å². The predicted octanol–water partition coefficient (Wildman–Crippen LogP) is 1.83. The van der Waals surface area contributed by atoms with Crippen molar-refractivity contribution in [3.8, 4) is 0 Å². The van der Waals surface area contributed by atoms with Gasteiger partial charge in [0.2, 0.25) is 0 Å². The number of likely N-dealkylation sites (tertiary alicyclic amines) is 1. The Morgan fingerprint density at radius 1 is 1.61 bits per heavy atom. The third-order valence-electron chi connectivity index (χ3n) is 3.62. The largest absolute Gasteiger partial charge is 0.456 e. The molecule has 4 nitrogen and oxygen atoms in total. The molecule has 0 aliphatic carbocycles. The van der Waals surface area contributed by atoms with Crippen LogP contribution in [0.25, 0.3) is 0 Å². The van der Waals surface area contributed by atoms with Gasteiger partial charge in [0.1, 0.15) is 5.76 Å². The summed E-state index contributed by atoms with van der Waals surface area (Å²) in [5.41, 5.74) is 1.08. The van der Waals surface area contributed by atoms with Gasteiger partial charge in [-0.25, -0.2) is 0 Å². The summed E-state index contributed by atoms with van der Waals surface area (Å²) >= 11 is 0. The third kappa shape index (κ3) is 2.58. The van der Waals surface area contributed by atoms with Crippen molar-refractivity contribution in [3.05, 3.63) is 23.2 Å². The molecule has 1 aromatic rings. The lowest BCUT2D eigenvalue weighted by molar-refractivity contribution is 0.0754. The van der Waals surface area contributed by atoms with E-state index in [4.69, 9.17) is 4.42 Å². The Hall–Kier alpha value is -1.29. The topological polar surface area (TPSA) is 45.5 Å². The van der Waals surface area contributed by atoms with Crippen LogP contribution in [0.2, 0.25) is 0 Å². The van der Waals surface area contributed by atoms with Gasteiger partial charge in [0.25, 0.3) is 5.91 Å². The van der Waals surface area contributed by atoms with Crippen molar-refractivity contribution < 1.29 is 9.21 Å². The summed E-state index contributed by atoms with van der Waals surface area (Å²) in [7, 11) is 1.95. The first-order valence-electron chi connectivity index (χ1n) is 6.68. The first-order valence-corrected chi connectivity index (χ1v) is 6.68. The highest BCUT2D eigenvalue weighted by atomic mass is 16.4. The zero-order valence-corrected chi connectivity index (χ0v) is 11.5. The summed E-state index contributed by atoms with van der Waals surface area (Å²) < 4.78 is 5.63. The standard InChI is InChI=1S/C14H22N2O2/c1-4-12-10(2)7-13(18-12)14(17)16-6-5-11(9-16)8-15-3/h7,11,15H,4-6,8-9H2,1-3H3/t11-/m0/s1. The van der Waals surface area contributed by atoms with Gasteiger partial charge in [-0.3, -0.25) is 4.79 Å². The predicted molar refractivity (Wildman–Crippen MR) is 70.8 cm³/mol. The average Bonchev–Trinajstić information content (AvgIpc) is 2.95. The minimum absolute atomic E-state index is 0.0383. The van der Waals surface area contributed by atoms with E-state index in [1.54, 1.807) is 0 Å². The van der Waals surface area contributed by atoms with Crippen molar-refractivity contribution in [2.24, 2.45) is 5.92 Å². The second-order valence-corrected chi connectivity index (χ2v) is 5.03. The summed E-state index contributed by atoms with van der Waals surface area (Å²) in [6.07, 6.45) is 1.91. The molecule has 0 aromatic carbocycles. The highest BCUT2D eigenvalue weighted by Gasteiger charge is 2.28. The molecule has 0 unspecified atom stereocenters. The lowest BCUT2D eigenvalue weighted by Crippen LogP contribution is -2.30. The number of hydrogen-bond acceptors (Lipinski definition) is 3. The zero-order chi connectivity index (χ0) is 13.1. The Kier molecular flexibility index (Phi) is 4.07. The number of carbonyl (C=O) groups is 1. The first-order chi connectivity index (χ1) is 8.65. The van der Waals surface area contributed by atoms with Gasteiger partial charge >= 0.3 is 0 Å². The minimum atomic E-state index is 0.0383. The molecule has 0 spiro atoms. The number of hydrogen-bond donors (Lipinski definition) is 1. The number of aryl methyl sites for hydroxylation is 2. The van der Waals surface area contributed by atoms with E-state index in [0.717, 1.165) is 43.8 Å². The van der Waals surface area contributed by atoms with Gasteiger partial charge in [0.05, 0.1) is 0 Å². The lowest BCUT2D eigenvalue weighted by Gasteiger charge is -2.14. The average molecular weight is 250 g/mol. The van der Waals surface area contributed by atoms with Crippen molar-refractivity contribution in [2.45, 2.75) is 26.7 Å². The number of amides is 1. The van der Waals surface area contributed by atoms with E-state index in [1.807, 2.05) is 31.9 Å². The molecule has 100 valence electrons. The molecule has 4 heteroatoms. The van der Waals surface area contributed by atoms with Crippen molar-refractivity contribution in [2.75, 3.05) is 26.7 Å². The van der Waals surface area contributed by atoms with Gasteiger partial charge in [-0.2, -0.15) is 0 Å². The lowest BCUT2D eigenvalue weighted by atomic mass is 10.1. The van der Waals surface area contributed by atoms with Crippen LogP contribution in [0.3, 0.4) is 0 Å². The van der Waals surface area contributed by atoms with Crippen molar-refractivity contribution in [1.29, 1.82) is 0 Å². The van der Waals surface area contributed by atoms with E-state index in [2.05, 4.69) is 5.32 Å². The fourth-order valence-corrected chi connectivity index (χ4v) is 2.60. The van der Waals surface area contributed by atoms with Gasteiger partial charge in [-0.15, -0.1) is 0 Å². The van der Waals surface area contributed by atoms with Crippen molar-refractivity contribution >= 4 is 5.91 Å². The molecule has 1 atom stereocenters. The van der Waals surface area contributed by atoms with Crippen molar-refractivity contribution in [1.82, 2.24) is 10.2 Å². The van der Waals surface area contributed by atoms with Gasteiger partial charge in [0, 0.05) is 19.5 Å². The fraction of sp³-hybridized carbons (Fsp3) is 0.643. The second kappa shape index (κ2) is 5.57. The summed E-state index contributed by atoms with van der Waals surface area (Å²) in [5.74, 6) is 2.02. The molecule has 2 rings (SSSR count). The quantitative estimate of drug-likeness (QED) is 0.886. The molecule has 18 heavy (non-hydrogen) atoms. The van der Waals surface area contributed by atoms with E-state index in [1.165, 1.54) is 0 Å². The summed E-state index contributed by atoms with van der Waals surface area (Å²) in [6.45, 7) is 6.68. The van der Waals surface area contributed by atoms with Gasteiger partial charge in [-0.1, -0.05) is 6.92 Å². The van der Waals surface area contributed by atoms with Crippen LogP contribution >= 0.6 is 0 Å². The number of rotatable bonds is 4. The SMILES string of the molecule is CCc1oc(C(=O)N2CC[C@@H](CNC)C2)cc1C. The Labute approximate surface area is 108 Å². The molecule has 1 saturated heterocycles. The van der Waals surface area contributed by atoms with Crippen LogP contribution < -0.4 is 5.32 Å². The minimum Gasteiger partial charge on any atom is -0.456 e. The van der Waals surface area contributed by atoms with Crippen LogP contribution in [0.4, 0.5) is 0 Å². The number of furan rings is 1. The molecular weight excluding hydrogens is 228 g/mol. The molecule has 1 N–H and O–H groups in total. The van der Waals surface area contributed by atoms with Crippen LogP contribution in [0, 0.1) is 12.8 Å². The van der Waals surface area contributed by atoms with E-state index in [-0.39, 0.29) is 5.91 Å².